The van der Waals surface area contributed by atoms with E-state index in [9.17, 15) is 14.7 Å². The number of ketones is 1. The average molecular weight is 537 g/mol. The molecule has 0 bridgehead atoms. The summed E-state index contributed by atoms with van der Waals surface area (Å²) in [6, 6.07) is 9.45. The lowest BCUT2D eigenvalue weighted by molar-refractivity contribution is -0.140. The maximum absolute atomic E-state index is 13.5. The summed E-state index contributed by atoms with van der Waals surface area (Å²) in [6.07, 6.45) is 1.64. The van der Waals surface area contributed by atoms with Crippen LogP contribution in [-0.2, 0) is 9.59 Å². The van der Waals surface area contributed by atoms with Crippen molar-refractivity contribution in [2.45, 2.75) is 26.8 Å². The van der Waals surface area contributed by atoms with Crippen LogP contribution in [0, 0.1) is 0 Å². The zero-order chi connectivity index (χ0) is 27.9. The van der Waals surface area contributed by atoms with E-state index in [1.807, 2.05) is 20.8 Å². The highest BCUT2D eigenvalue weighted by molar-refractivity contribution is 6.46. The second kappa shape index (κ2) is 12.7. The number of benzene rings is 2. The molecule has 0 spiro atoms. The van der Waals surface area contributed by atoms with Gasteiger partial charge >= 0.3 is 0 Å². The Kier molecular flexibility index (Phi) is 9.14. The van der Waals surface area contributed by atoms with E-state index in [4.69, 9.17) is 18.9 Å². The highest BCUT2D eigenvalue weighted by Crippen LogP contribution is 2.43. The van der Waals surface area contributed by atoms with E-state index in [2.05, 4.69) is 11.5 Å². The molecule has 9 nitrogen and oxygen atoms in total. The predicted molar refractivity (Wildman–Crippen MR) is 148 cm³/mol. The fourth-order valence-corrected chi connectivity index (χ4v) is 4.82. The molecule has 0 aromatic heterocycles. The molecule has 2 heterocycles. The van der Waals surface area contributed by atoms with E-state index >= 15 is 0 Å². The van der Waals surface area contributed by atoms with Crippen molar-refractivity contribution in [1.29, 1.82) is 0 Å². The number of likely N-dealkylation sites (tertiary alicyclic amines) is 1. The summed E-state index contributed by atoms with van der Waals surface area (Å²) in [5, 5.41) is 11.5. The Morgan fingerprint density at radius 1 is 1.05 bits per heavy atom. The van der Waals surface area contributed by atoms with E-state index in [-0.39, 0.29) is 11.3 Å². The van der Waals surface area contributed by atoms with Gasteiger partial charge in [0.2, 0.25) is 0 Å². The topological polar surface area (TPSA) is 97.8 Å². The van der Waals surface area contributed by atoms with E-state index in [0.717, 1.165) is 13.1 Å². The van der Waals surface area contributed by atoms with Crippen LogP contribution in [0.4, 0.5) is 0 Å². The molecule has 1 fully saturated rings. The maximum atomic E-state index is 13.5. The molecule has 1 N–H and O–H groups in total. The number of carbonyl (C=O) groups is 2. The Labute approximate surface area is 229 Å². The van der Waals surface area contributed by atoms with Gasteiger partial charge < -0.3 is 33.9 Å². The van der Waals surface area contributed by atoms with Crippen LogP contribution in [0.1, 0.15) is 37.9 Å². The minimum Gasteiger partial charge on any atom is -0.507 e. The van der Waals surface area contributed by atoms with Crippen LogP contribution in [0.25, 0.3) is 5.76 Å². The number of hydrogen-bond acceptors (Lipinski definition) is 8. The van der Waals surface area contributed by atoms with Crippen LogP contribution in [-0.4, -0.2) is 79.2 Å². The molecule has 4 rings (SSSR count). The molecule has 2 aliphatic heterocycles. The van der Waals surface area contributed by atoms with Crippen molar-refractivity contribution in [3.63, 3.8) is 0 Å². The van der Waals surface area contributed by atoms with Gasteiger partial charge in [-0.2, -0.15) is 0 Å². The molecule has 1 amide bonds. The van der Waals surface area contributed by atoms with E-state index < -0.39 is 17.7 Å². The zero-order valence-electron chi connectivity index (χ0n) is 22.8. The van der Waals surface area contributed by atoms with Crippen LogP contribution in [0.15, 0.2) is 54.6 Å². The van der Waals surface area contributed by atoms with Gasteiger partial charge in [-0.1, -0.05) is 32.6 Å². The molecule has 2 aromatic rings. The molecular formula is C30H36N2O7. The number of amides is 1. The first kappa shape index (κ1) is 28.0. The summed E-state index contributed by atoms with van der Waals surface area (Å²) in [7, 11) is 0. The van der Waals surface area contributed by atoms with E-state index in [1.165, 1.54) is 4.90 Å². The first-order valence-corrected chi connectivity index (χ1v) is 13.3. The molecule has 2 aromatic carbocycles. The highest BCUT2D eigenvalue weighted by Gasteiger charge is 2.46. The van der Waals surface area contributed by atoms with Gasteiger partial charge in [0, 0.05) is 18.7 Å². The third-order valence-corrected chi connectivity index (χ3v) is 6.85. The Morgan fingerprint density at radius 3 is 2.49 bits per heavy atom. The van der Waals surface area contributed by atoms with Crippen molar-refractivity contribution in [2.75, 3.05) is 52.6 Å². The normalized spacial score (nSPS) is 17.9. The Hall–Kier alpha value is -3.98. The Bertz CT molecular complexity index is 1250. The zero-order valence-corrected chi connectivity index (χ0v) is 22.8. The number of hydrogen-bond donors (Lipinski definition) is 1. The van der Waals surface area contributed by atoms with Crippen LogP contribution >= 0.6 is 0 Å². The molecule has 1 atom stereocenters. The summed E-state index contributed by atoms with van der Waals surface area (Å²) in [5.41, 5.74) is 1.00. The van der Waals surface area contributed by atoms with Crippen LogP contribution in [0.5, 0.6) is 23.0 Å². The molecule has 0 saturated carbocycles. The number of carbonyl (C=O) groups excluding carboxylic acids is 2. The lowest BCUT2D eigenvalue weighted by Gasteiger charge is -2.28. The average Bonchev–Trinajstić information content (AvgIpc) is 3.21. The number of Topliss-reactive ketones (excluding diaryl/α,β-unsaturated/α-hetero) is 1. The lowest BCUT2D eigenvalue weighted by Crippen LogP contribution is -2.38. The summed E-state index contributed by atoms with van der Waals surface area (Å²) in [4.78, 5) is 30.5. The molecular weight excluding hydrogens is 500 g/mol. The summed E-state index contributed by atoms with van der Waals surface area (Å²) in [6.45, 7) is 13.7. The second-order valence-electron chi connectivity index (χ2n) is 9.12. The molecule has 0 radical (unpaired) electrons. The van der Waals surface area contributed by atoms with Gasteiger partial charge in [0.15, 0.2) is 23.0 Å². The lowest BCUT2D eigenvalue weighted by atomic mass is 9.94. The fraction of sp³-hybridized carbons (Fsp3) is 0.400. The monoisotopic (exact) mass is 536 g/mol. The first-order chi connectivity index (χ1) is 18.9. The number of nitrogens with zero attached hydrogens (tertiary/aromatic N) is 2. The van der Waals surface area contributed by atoms with Crippen molar-refractivity contribution in [3.05, 3.63) is 65.8 Å². The quantitative estimate of drug-likeness (QED) is 0.187. The maximum Gasteiger partial charge on any atom is 0.295 e. The minimum atomic E-state index is -0.818. The van der Waals surface area contributed by atoms with Crippen molar-refractivity contribution < 1.29 is 33.6 Å². The van der Waals surface area contributed by atoms with Crippen LogP contribution in [0.3, 0.4) is 0 Å². The highest BCUT2D eigenvalue weighted by atomic mass is 16.6. The van der Waals surface area contributed by atoms with Gasteiger partial charge in [0.25, 0.3) is 11.7 Å². The standard InChI is InChI=1S/C30H36N2O7/c1-5-15-37-22-11-9-20(18-24(22)36-8-4)27-26(29(34)30(35)32(27)14-13-31(6-2)7-3)28(33)21-10-12-23-25(19-21)39-17-16-38-23/h5,9-12,18-19,27,33H,1,6-8,13-17H2,2-4H3/b28-26-. The van der Waals surface area contributed by atoms with Gasteiger partial charge in [0.05, 0.1) is 18.2 Å². The number of ether oxygens (including phenoxy) is 4. The predicted octanol–water partition coefficient (Wildman–Crippen LogP) is 4.18. The van der Waals surface area contributed by atoms with Gasteiger partial charge in [-0.25, -0.2) is 0 Å². The van der Waals surface area contributed by atoms with Crippen molar-refractivity contribution >= 4 is 17.4 Å². The summed E-state index contributed by atoms with van der Waals surface area (Å²) >= 11 is 0. The van der Waals surface area contributed by atoms with Crippen LogP contribution in [0.2, 0.25) is 0 Å². The molecule has 208 valence electrons. The van der Waals surface area contributed by atoms with Crippen molar-refractivity contribution in [1.82, 2.24) is 9.80 Å². The molecule has 1 unspecified atom stereocenters. The Balaban J connectivity index is 1.82. The molecule has 1 saturated heterocycles. The number of likely N-dealkylation sites (N-methyl/N-ethyl adjacent to an activating group) is 1. The van der Waals surface area contributed by atoms with Gasteiger partial charge in [-0.15, -0.1) is 0 Å². The number of aliphatic hydroxyl groups excluding tert-OH is 1. The van der Waals surface area contributed by atoms with Crippen LogP contribution < -0.4 is 18.9 Å². The Morgan fingerprint density at radius 2 is 1.79 bits per heavy atom. The number of rotatable bonds is 12. The van der Waals surface area contributed by atoms with Gasteiger partial charge in [-0.3, -0.25) is 9.59 Å². The summed E-state index contributed by atoms with van der Waals surface area (Å²) < 4.78 is 22.8. The largest absolute Gasteiger partial charge is 0.507 e. The molecule has 9 heteroatoms. The third kappa shape index (κ3) is 5.88. The smallest absolute Gasteiger partial charge is 0.295 e. The van der Waals surface area contributed by atoms with Crippen molar-refractivity contribution in [2.24, 2.45) is 0 Å². The number of aliphatic hydroxyl groups is 1. The molecule has 0 aliphatic carbocycles. The minimum absolute atomic E-state index is 0.0124. The number of fused-ring (bicyclic) bond motifs is 1. The summed E-state index contributed by atoms with van der Waals surface area (Å²) in [5.74, 6) is 0.363. The van der Waals surface area contributed by atoms with Gasteiger partial charge in [0.1, 0.15) is 25.6 Å². The molecule has 2 aliphatic rings. The third-order valence-electron chi connectivity index (χ3n) is 6.85. The fourth-order valence-electron chi connectivity index (χ4n) is 4.82. The van der Waals surface area contributed by atoms with Gasteiger partial charge in [-0.05, 0) is 55.9 Å². The van der Waals surface area contributed by atoms with E-state index in [0.29, 0.717) is 73.6 Å². The molecule has 39 heavy (non-hydrogen) atoms. The van der Waals surface area contributed by atoms with E-state index in [1.54, 1.807) is 42.5 Å². The van der Waals surface area contributed by atoms with Crippen molar-refractivity contribution in [3.8, 4) is 23.0 Å². The second-order valence-corrected chi connectivity index (χ2v) is 9.12. The SMILES string of the molecule is C=CCOc1ccc(C2/C(=C(/O)c3ccc4c(c3)OCCO4)C(=O)C(=O)N2CCN(CC)CC)cc1OCC. The first-order valence-electron chi connectivity index (χ1n) is 13.3.